The third-order valence-corrected chi connectivity index (χ3v) is 5.43. The van der Waals surface area contributed by atoms with Crippen LogP contribution in [0.5, 0.6) is 0 Å². The Labute approximate surface area is 168 Å². The predicted octanol–water partition coefficient (Wildman–Crippen LogP) is 5.38. The molecule has 0 amide bonds. The molecule has 0 aliphatic heterocycles. The van der Waals surface area contributed by atoms with E-state index in [0.29, 0.717) is 37.8 Å². The van der Waals surface area contributed by atoms with Crippen molar-refractivity contribution >= 4 is 56.4 Å². The van der Waals surface area contributed by atoms with Crippen LogP contribution in [0.3, 0.4) is 0 Å². The Bertz CT molecular complexity index is 1190. The van der Waals surface area contributed by atoms with Crippen LogP contribution in [0.2, 0.25) is 10.0 Å². The summed E-state index contributed by atoms with van der Waals surface area (Å²) in [5.74, 6) is 1.28. The quantitative estimate of drug-likeness (QED) is 0.485. The predicted molar refractivity (Wildman–Crippen MR) is 108 cm³/mol. The van der Waals surface area contributed by atoms with Crippen molar-refractivity contribution < 1.29 is 0 Å². The van der Waals surface area contributed by atoms with Gasteiger partial charge in [0.15, 0.2) is 5.82 Å². The summed E-state index contributed by atoms with van der Waals surface area (Å²) >= 11 is 14.1. The van der Waals surface area contributed by atoms with E-state index in [1.165, 1.54) is 17.7 Å². The summed E-state index contributed by atoms with van der Waals surface area (Å²) in [4.78, 5) is 17.3. The fourth-order valence-electron chi connectivity index (χ4n) is 2.54. The maximum atomic E-state index is 9.05. The molecular weight excluding hydrogens is 403 g/mol. The Kier molecular flexibility index (Phi) is 4.62. The van der Waals surface area contributed by atoms with Crippen molar-refractivity contribution in [3.05, 3.63) is 58.1 Å². The van der Waals surface area contributed by atoms with E-state index in [9.17, 15) is 0 Å². The zero-order valence-electron chi connectivity index (χ0n) is 13.9. The van der Waals surface area contributed by atoms with Gasteiger partial charge in [0.05, 0.1) is 31.9 Å². The van der Waals surface area contributed by atoms with Crippen LogP contribution < -0.4 is 5.32 Å². The molecule has 0 saturated heterocycles. The molecule has 3 heterocycles. The normalized spacial score (nSPS) is 10.7. The summed E-state index contributed by atoms with van der Waals surface area (Å²) in [6.07, 6.45) is 3.16. The number of rotatable bonds is 3. The summed E-state index contributed by atoms with van der Waals surface area (Å²) < 4.78 is 0.847. The SMILES string of the molecule is Cc1cc(Nc2nccc3nc(-c4c(Cl)cc(C#N)cc4Cl)sc23)ncn1. The monoisotopic (exact) mass is 412 g/mol. The zero-order valence-corrected chi connectivity index (χ0v) is 16.2. The highest BCUT2D eigenvalue weighted by Gasteiger charge is 2.17. The summed E-state index contributed by atoms with van der Waals surface area (Å²) in [5.41, 5.74) is 2.61. The lowest BCUT2D eigenvalue weighted by Crippen LogP contribution is -1.97. The van der Waals surface area contributed by atoms with Crippen molar-refractivity contribution in [3.63, 3.8) is 0 Å². The first-order valence-corrected chi connectivity index (χ1v) is 9.33. The van der Waals surface area contributed by atoms with Gasteiger partial charge in [-0.25, -0.2) is 19.9 Å². The number of fused-ring (bicyclic) bond motifs is 1. The molecule has 4 rings (SSSR count). The number of thiazole rings is 1. The molecule has 0 radical (unpaired) electrons. The van der Waals surface area contributed by atoms with Crippen LogP contribution in [0.4, 0.5) is 11.6 Å². The van der Waals surface area contributed by atoms with Crippen molar-refractivity contribution in [2.24, 2.45) is 0 Å². The minimum atomic E-state index is 0.381. The Morgan fingerprint density at radius 1 is 1.11 bits per heavy atom. The van der Waals surface area contributed by atoms with Crippen LogP contribution in [-0.2, 0) is 0 Å². The van der Waals surface area contributed by atoms with Gasteiger partial charge in [0.2, 0.25) is 0 Å². The Hall–Kier alpha value is -2.79. The van der Waals surface area contributed by atoms with E-state index >= 15 is 0 Å². The molecule has 27 heavy (non-hydrogen) atoms. The lowest BCUT2D eigenvalue weighted by atomic mass is 10.1. The van der Waals surface area contributed by atoms with E-state index in [0.717, 1.165) is 15.9 Å². The molecule has 4 aromatic rings. The van der Waals surface area contributed by atoms with E-state index < -0.39 is 0 Å². The van der Waals surface area contributed by atoms with Crippen LogP contribution in [0.15, 0.2) is 36.8 Å². The summed E-state index contributed by atoms with van der Waals surface area (Å²) in [6, 6.07) is 8.84. The number of aryl methyl sites for hydroxylation is 1. The first-order valence-electron chi connectivity index (χ1n) is 7.76. The molecule has 1 aromatic carbocycles. The molecule has 0 atom stereocenters. The second kappa shape index (κ2) is 7.08. The number of benzene rings is 1. The van der Waals surface area contributed by atoms with Crippen molar-refractivity contribution in [1.29, 1.82) is 5.26 Å². The number of anilines is 2. The van der Waals surface area contributed by atoms with Crippen molar-refractivity contribution in [3.8, 4) is 16.6 Å². The number of nitriles is 1. The largest absolute Gasteiger partial charge is 0.324 e. The van der Waals surface area contributed by atoms with Gasteiger partial charge in [-0.05, 0) is 25.1 Å². The first kappa shape index (κ1) is 17.6. The molecule has 0 unspecified atom stereocenters. The fraction of sp³-hybridized carbons (Fsp3) is 0.0556. The van der Waals surface area contributed by atoms with Crippen LogP contribution in [0.1, 0.15) is 11.3 Å². The van der Waals surface area contributed by atoms with Crippen LogP contribution in [-0.4, -0.2) is 19.9 Å². The highest BCUT2D eigenvalue weighted by Crippen LogP contribution is 2.41. The second-order valence-electron chi connectivity index (χ2n) is 5.62. The highest BCUT2D eigenvalue weighted by molar-refractivity contribution is 7.22. The van der Waals surface area contributed by atoms with Gasteiger partial charge in [-0.15, -0.1) is 11.3 Å². The van der Waals surface area contributed by atoms with E-state index in [2.05, 4.69) is 25.3 Å². The van der Waals surface area contributed by atoms with Crippen molar-refractivity contribution in [1.82, 2.24) is 19.9 Å². The Balaban J connectivity index is 1.81. The van der Waals surface area contributed by atoms with Gasteiger partial charge >= 0.3 is 0 Å². The lowest BCUT2D eigenvalue weighted by Gasteiger charge is -2.05. The molecule has 6 nitrogen and oxygen atoms in total. The number of hydrogen-bond donors (Lipinski definition) is 1. The number of nitrogens with one attached hydrogen (secondary N) is 1. The molecule has 0 saturated carbocycles. The lowest BCUT2D eigenvalue weighted by molar-refractivity contribution is 1.10. The molecule has 0 spiro atoms. The van der Waals surface area contributed by atoms with E-state index in [1.807, 2.05) is 25.1 Å². The van der Waals surface area contributed by atoms with E-state index in [1.54, 1.807) is 18.3 Å². The molecule has 0 bridgehead atoms. The maximum Gasteiger partial charge on any atom is 0.151 e. The summed E-state index contributed by atoms with van der Waals surface area (Å²) in [5, 5.41) is 13.7. The van der Waals surface area contributed by atoms with E-state index in [-0.39, 0.29) is 0 Å². The molecule has 9 heteroatoms. The van der Waals surface area contributed by atoms with Gasteiger partial charge in [-0.1, -0.05) is 23.2 Å². The first-order chi connectivity index (χ1) is 13.0. The summed E-state index contributed by atoms with van der Waals surface area (Å²) in [6.45, 7) is 1.89. The minimum absolute atomic E-state index is 0.381. The minimum Gasteiger partial charge on any atom is -0.324 e. The topological polar surface area (TPSA) is 87.4 Å². The standard InChI is InChI=1S/C18H10Cl2N6S/c1-9-4-14(24-8-23-9)26-17-16-13(2-3-22-17)25-18(27-16)15-11(19)5-10(7-21)6-12(15)20/h2-6,8H,1H3,(H,22,23,24,26). The van der Waals surface area contributed by atoms with Crippen molar-refractivity contribution in [2.75, 3.05) is 5.32 Å². The molecule has 1 N–H and O–H groups in total. The van der Waals surface area contributed by atoms with Gasteiger partial charge < -0.3 is 5.32 Å². The number of pyridine rings is 1. The van der Waals surface area contributed by atoms with Gasteiger partial charge in [-0.3, -0.25) is 0 Å². The smallest absolute Gasteiger partial charge is 0.151 e. The van der Waals surface area contributed by atoms with Crippen LogP contribution in [0, 0.1) is 18.3 Å². The Morgan fingerprint density at radius 3 is 2.59 bits per heavy atom. The van der Waals surface area contributed by atoms with Gasteiger partial charge in [0, 0.05) is 23.5 Å². The molecule has 0 aliphatic rings. The van der Waals surface area contributed by atoms with Gasteiger partial charge in [-0.2, -0.15) is 5.26 Å². The fourth-order valence-corrected chi connectivity index (χ4v) is 4.39. The van der Waals surface area contributed by atoms with Gasteiger partial charge in [0.1, 0.15) is 17.2 Å². The third-order valence-electron chi connectivity index (χ3n) is 3.74. The van der Waals surface area contributed by atoms with Crippen LogP contribution >= 0.6 is 34.5 Å². The number of nitrogens with zero attached hydrogens (tertiary/aromatic N) is 5. The summed E-state index contributed by atoms with van der Waals surface area (Å²) in [7, 11) is 0. The molecule has 0 fully saturated rings. The Morgan fingerprint density at radius 2 is 1.89 bits per heavy atom. The van der Waals surface area contributed by atoms with Crippen LogP contribution in [0.25, 0.3) is 20.8 Å². The average molecular weight is 413 g/mol. The highest BCUT2D eigenvalue weighted by atomic mass is 35.5. The zero-order chi connectivity index (χ0) is 19.0. The average Bonchev–Trinajstić information content (AvgIpc) is 3.05. The number of halogens is 2. The molecular formula is C18H10Cl2N6S. The number of aromatic nitrogens is 4. The maximum absolute atomic E-state index is 9.05. The molecule has 132 valence electrons. The number of hydrogen-bond acceptors (Lipinski definition) is 7. The van der Waals surface area contributed by atoms with Crippen molar-refractivity contribution in [2.45, 2.75) is 6.92 Å². The van der Waals surface area contributed by atoms with E-state index in [4.69, 9.17) is 28.5 Å². The van der Waals surface area contributed by atoms with Gasteiger partial charge in [0.25, 0.3) is 0 Å². The molecule has 3 aromatic heterocycles. The third kappa shape index (κ3) is 3.43. The molecule has 0 aliphatic carbocycles. The second-order valence-corrected chi connectivity index (χ2v) is 7.44.